The molecule has 0 bridgehead atoms. The smallest absolute Gasteiger partial charge is 0.328 e. The van der Waals surface area contributed by atoms with Gasteiger partial charge in [-0.15, -0.1) is 0 Å². The van der Waals surface area contributed by atoms with Crippen LogP contribution in [0.4, 0.5) is 0 Å². The SMILES string of the molecule is CN(C)CCCNS(=O)(=O)c1cccc(C=CC(=O)O)c1. The van der Waals surface area contributed by atoms with Crippen LogP contribution in [0.1, 0.15) is 12.0 Å². The number of carbonyl (C=O) groups is 1. The van der Waals surface area contributed by atoms with Gasteiger partial charge in [0.15, 0.2) is 0 Å². The van der Waals surface area contributed by atoms with Crippen LogP contribution in [-0.2, 0) is 14.8 Å². The van der Waals surface area contributed by atoms with Gasteiger partial charge in [0, 0.05) is 12.6 Å². The molecule has 1 aromatic carbocycles. The van der Waals surface area contributed by atoms with Gasteiger partial charge in [0.05, 0.1) is 4.90 Å². The molecule has 21 heavy (non-hydrogen) atoms. The fourth-order valence-electron chi connectivity index (χ4n) is 1.64. The topological polar surface area (TPSA) is 86.7 Å². The molecule has 0 fully saturated rings. The molecule has 0 aliphatic rings. The second-order valence-electron chi connectivity index (χ2n) is 4.80. The monoisotopic (exact) mass is 312 g/mol. The quantitative estimate of drug-likeness (QED) is 0.553. The van der Waals surface area contributed by atoms with Crippen molar-refractivity contribution in [2.24, 2.45) is 0 Å². The molecule has 0 radical (unpaired) electrons. The minimum Gasteiger partial charge on any atom is -0.478 e. The van der Waals surface area contributed by atoms with Gasteiger partial charge in [-0.05, 0) is 50.8 Å². The molecular weight excluding hydrogens is 292 g/mol. The summed E-state index contributed by atoms with van der Waals surface area (Å²) in [6.07, 6.45) is 3.04. The van der Waals surface area contributed by atoms with Crippen molar-refractivity contribution < 1.29 is 18.3 Å². The van der Waals surface area contributed by atoms with E-state index in [1.165, 1.54) is 18.2 Å². The van der Waals surface area contributed by atoms with Crippen molar-refractivity contribution in [2.45, 2.75) is 11.3 Å². The molecule has 0 aliphatic heterocycles. The van der Waals surface area contributed by atoms with Crippen molar-refractivity contribution in [1.29, 1.82) is 0 Å². The fraction of sp³-hybridized carbons (Fsp3) is 0.357. The largest absolute Gasteiger partial charge is 0.478 e. The lowest BCUT2D eigenvalue weighted by molar-refractivity contribution is -0.131. The lowest BCUT2D eigenvalue weighted by Crippen LogP contribution is -2.27. The highest BCUT2D eigenvalue weighted by atomic mass is 32.2. The Kier molecular flexibility index (Phi) is 6.54. The Morgan fingerprint density at radius 2 is 2.10 bits per heavy atom. The molecule has 0 heterocycles. The summed E-state index contributed by atoms with van der Waals surface area (Å²) in [5.74, 6) is -1.08. The molecule has 0 spiro atoms. The maximum Gasteiger partial charge on any atom is 0.328 e. The molecule has 1 rings (SSSR count). The predicted molar refractivity (Wildman–Crippen MR) is 81.5 cm³/mol. The van der Waals surface area contributed by atoms with E-state index in [1.807, 2.05) is 19.0 Å². The van der Waals surface area contributed by atoms with Crippen LogP contribution in [0.2, 0.25) is 0 Å². The van der Waals surface area contributed by atoms with E-state index in [2.05, 4.69) is 4.72 Å². The lowest BCUT2D eigenvalue weighted by atomic mass is 10.2. The molecular formula is C14H20N2O4S. The summed E-state index contributed by atoms with van der Waals surface area (Å²) in [5, 5.41) is 8.57. The van der Waals surface area contributed by atoms with Crippen LogP contribution in [-0.4, -0.2) is 51.6 Å². The number of carboxylic acid groups (broad SMARTS) is 1. The molecule has 0 saturated carbocycles. The van der Waals surface area contributed by atoms with E-state index in [9.17, 15) is 13.2 Å². The summed E-state index contributed by atoms with van der Waals surface area (Å²) in [5.41, 5.74) is 0.522. The summed E-state index contributed by atoms with van der Waals surface area (Å²) in [7, 11) is 0.278. The molecule has 116 valence electrons. The molecule has 1 aromatic rings. The summed E-state index contributed by atoms with van der Waals surface area (Å²) >= 11 is 0. The van der Waals surface area contributed by atoms with Crippen LogP contribution >= 0.6 is 0 Å². The molecule has 0 aromatic heterocycles. The zero-order valence-electron chi connectivity index (χ0n) is 12.1. The maximum atomic E-state index is 12.1. The molecule has 0 saturated heterocycles. The number of hydrogen-bond acceptors (Lipinski definition) is 4. The zero-order valence-corrected chi connectivity index (χ0v) is 12.9. The average Bonchev–Trinajstić information content (AvgIpc) is 2.41. The number of nitrogens with zero attached hydrogens (tertiary/aromatic N) is 1. The van der Waals surface area contributed by atoms with Gasteiger partial charge in [0.2, 0.25) is 10.0 Å². The third-order valence-corrected chi connectivity index (χ3v) is 4.12. The van der Waals surface area contributed by atoms with Crippen molar-refractivity contribution in [2.75, 3.05) is 27.2 Å². The van der Waals surface area contributed by atoms with E-state index in [-0.39, 0.29) is 4.90 Å². The Morgan fingerprint density at radius 1 is 1.38 bits per heavy atom. The maximum absolute atomic E-state index is 12.1. The minimum atomic E-state index is -3.57. The highest BCUT2D eigenvalue weighted by molar-refractivity contribution is 7.89. The van der Waals surface area contributed by atoms with Gasteiger partial charge in [-0.1, -0.05) is 12.1 Å². The van der Waals surface area contributed by atoms with Crippen LogP contribution in [0.5, 0.6) is 0 Å². The van der Waals surface area contributed by atoms with Gasteiger partial charge >= 0.3 is 5.97 Å². The number of rotatable bonds is 8. The normalized spacial score (nSPS) is 12.1. The van der Waals surface area contributed by atoms with Gasteiger partial charge in [-0.25, -0.2) is 17.9 Å². The van der Waals surface area contributed by atoms with Crippen LogP contribution in [0.3, 0.4) is 0 Å². The molecule has 0 amide bonds. The van der Waals surface area contributed by atoms with Crippen molar-refractivity contribution in [1.82, 2.24) is 9.62 Å². The Morgan fingerprint density at radius 3 is 2.71 bits per heavy atom. The highest BCUT2D eigenvalue weighted by Crippen LogP contribution is 2.12. The Balaban J connectivity index is 2.74. The predicted octanol–water partition coefficient (Wildman–Crippen LogP) is 1.01. The van der Waals surface area contributed by atoms with E-state index in [0.29, 0.717) is 18.5 Å². The Bertz CT molecular complexity index is 609. The first-order valence-electron chi connectivity index (χ1n) is 6.47. The Labute approximate surface area is 125 Å². The van der Waals surface area contributed by atoms with Crippen LogP contribution in [0.15, 0.2) is 35.2 Å². The van der Waals surface area contributed by atoms with E-state index in [4.69, 9.17) is 5.11 Å². The Hall–Kier alpha value is -1.70. The van der Waals surface area contributed by atoms with E-state index < -0.39 is 16.0 Å². The molecule has 6 nitrogen and oxygen atoms in total. The van der Waals surface area contributed by atoms with E-state index in [0.717, 1.165) is 12.6 Å². The lowest BCUT2D eigenvalue weighted by Gasteiger charge is -2.10. The first kappa shape index (κ1) is 17.4. The third kappa shape index (κ3) is 6.52. The van der Waals surface area contributed by atoms with Crippen molar-refractivity contribution in [3.63, 3.8) is 0 Å². The zero-order chi connectivity index (χ0) is 15.9. The average molecular weight is 312 g/mol. The van der Waals surface area contributed by atoms with Crippen LogP contribution in [0.25, 0.3) is 6.08 Å². The molecule has 0 unspecified atom stereocenters. The van der Waals surface area contributed by atoms with E-state index in [1.54, 1.807) is 12.1 Å². The molecule has 7 heteroatoms. The molecule has 0 aliphatic carbocycles. The third-order valence-electron chi connectivity index (χ3n) is 2.66. The van der Waals surface area contributed by atoms with Gasteiger partial charge in [-0.3, -0.25) is 0 Å². The summed E-state index contributed by atoms with van der Waals surface area (Å²) in [6, 6.07) is 6.14. The first-order chi connectivity index (χ1) is 9.81. The summed E-state index contributed by atoms with van der Waals surface area (Å²) in [4.78, 5) is 12.6. The number of carboxylic acids is 1. The van der Waals surface area contributed by atoms with Crippen molar-refractivity contribution in [3.8, 4) is 0 Å². The molecule has 0 atom stereocenters. The van der Waals surface area contributed by atoms with Gasteiger partial charge in [0.25, 0.3) is 0 Å². The first-order valence-corrected chi connectivity index (χ1v) is 7.95. The van der Waals surface area contributed by atoms with E-state index >= 15 is 0 Å². The number of sulfonamides is 1. The van der Waals surface area contributed by atoms with Crippen molar-refractivity contribution >= 4 is 22.1 Å². The highest BCUT2D eigenvalue weighted by Gasteiger charge is 2.13. The van der Waals surface area contributed by atoms with Gasteiger partial charge < -0.3 is 10.0 Å². The number of nitrogens with one attached hydrogen (secondary N) is 1. The second-order valence-corrected chi connectivity index (χ2v) is 6.57. The minimum absolute atomic E-state index is 0.125. The standard InChI is InChI=1S/C14H20N2O4S/c1-16(2)10-4-9-15-21(19,20)13-6-3-5-12(11-13)7-8-14(17)18/h3,5-8,11,15H,4,9-10H2,1-2H3,(H,17,18). The fourth-order valence-corrected chi connectivity index (χ4v) is 2.77. The number of aliphatic carboxylic acids is 1. The van der Waals surface area contributed by atoms with Gasteiger partial charge in [0.1, 0.15) is 0 Å². The van der Waals surface area contributed by atoms with Crippen LogP contribution < -0.4 is 4.72 Å². The summed E-state index contributed by atoms with van der Waals surface area (Å²) < 4.78 is 26.7. The van der Waals surface area contributed by atoms with Crippen LogP contribution in [0, 0.1) is 0 Å². The summed E-state index contributed by atoms with van der Waals surface area (Å²) in [6.45, 7) is 1.15. The number of benzene rings is 1. The van der Waals surface area contributed by atoms with Gasteiger partial charge in [-0.2, -0.15) is 0 Å². The number of hydrogen-bond donors (Lipinski definition) is 2. The second kappa shape index (κ2) is 7.92. The molecule has 2 N–H and O–H groups in total. The van der Waals surface area contributed by atoms with Crippen molar-refractivity contribution in [3.05, 3.63) is 35.9 Å².